The quantitative estimate of drug-likeness (QED) is 0.693. The van der Waals surface area contributed by atoms with Crippen molar-refractivity contribution >= 4 is 11.8 Å². The third-order valence-corrected chi connectivity index (χ3v) is 7.93. The minimum Gasteiger partial charge on any atom is -0.381 e. The number of carbonyl (C=O) groups excluding carboxylic acids is 2. The number of nitrogens with one attached hydrogen (secondary N) is 2. The molecule has 1 spiro atoms. The summed E-state index contributed by atoms with van der Waals surface area (Å²) in [6.07, 6.45) is 6.12. The lowest BCUT2D eigenvalue weighted by Crippen LogP contribution is -2.56. The summed E-state index contributed by atoms with van der Waals surface area (Å²) in [6.45, 7) is 13.1. The number of benzene rings is 1. The average molecular weight is 472 g/mol. The number of ether oxygens (including phenoxy) is 1. The minimum absolute atomic E-state index is 0.0670. The van der Waals surface area contributed by atoms with Crippen molar-refractivity contribution in [3.8, 4) is 0 Å². The van der Waals surface area contributed by atoms with E-state index in [9.17, 15) is 9.59 Å². The van der Waals surface area contributed by atoms with E-state index in [0.29, 0.717) is 13.2 Å². The van der Waals surface area contributed by atoms with Crippen molar-refractivity contribution in [2.24, 2.45) is 11.3 Å². The van der Waals surface area contributed by atoms with Crippen LogP contribution in [0.15, 0.2) is 18.2 Å². The number of hydrogen-bond acceptors (Lipinski definition) is 4. The number of amides is 2. The van der Waals surface area contributed by atoms with E-state index in [4.69, 9.17) is 4.74 Å². The van der Waals surface area contributed by atoms with E-state index in [1.54, 1.807) is 0 Å². The first-order valence-corrected chi connectivity index (χ1v) is 13.3. The molecule has 2 N–H and O–H groups in total. The molecule has 0 unspecified atom stereocenters. The van der Waals surface area contributed by atoms with Crippen LogP contribution in [-0.2, 0) is 20.9 Å². The van der Waals surface area contributed by atoms with E-state index in [0.717, 1.165) is 71.2 Å². The molecule has 2 aliphatic heterocycles. The lowest BCUT2D eigenvalue weighted by molar-refractivity contribution is -0.139. The van der Waals surface area contributed by atoms with Gasteiger partial charge in [-0.2, -0.15) is 0 Å². The maximum atomic E-state index is 13.8. The monoisotopic (exact) mass is 471 g/mol. The highest BCUT2D eigenvalue weighted by Gasteiger charge is 2.42. The lowest BCUT2D eigenvalue weighted by atomic mass is 9.73. The molecule has 34 heavy (non-hydrogen) atoms. The van der Waals surface area contributed by atoms with Crippen LogP contribution in [0.25, 0.3) is 0 Å². The number of carbonyl (C=O) groups is 2. The van der Waals surface area contributed by atoms with Gasteiger partial charge in [-0.25, -0.2) is 0 Å². The Hall–Kier alpha value is -1.92. The average Bonchev–Trinajstić information content (AvgIpc) is 2.83. The molecule has 6 nitrogen and oxygen atoms in total. The van der Waals surface area contributed by atoms with Crippen LogP contribution in [0.2, 0.25) is 0 Å². The third kappa shape index (κ3) is 7.05. The van der Waals surface area contributed by atoms with E-state index in [1.165, 1.54) is 16.7 Å². The summed E-state index contributed by atoms with van der Waals surface area (Å²) in [6, 6.07) is 6.16. The summed E-state index contributed by atoms with van der Waals surface area (Å²) in [5.41, 5.74) is 3.58. The van der Waals surface area contributed by atoms with Gasteiger partial charge in [0.15, 0.2) is 0 Å². The third-order valence-electron chi connectivity index (χ3n) is 7.93. The Morgan fingerprint density at radius 3 is 2.56 bits per heavy atom. The first kappa shape index (κ1) is 26.7. The second kappa shape index (κ2) is 12.7. The summed E-state index contributed by atoms with van der Waals surface area (Å²) in [5, 5.41) is 6.23. The number of rotatable bonds is 4. The molecule has 1 aromatic rings. The fourth-order valence-corrected chi connectivity index (χ4v) is 5.20. The number of aryl methyl sites for hydroxylation is 2. The molecule has 2 heterocycles. The second-order valence-corrected chi connectivity index (χ2v) is 10.5. The number of piperidine rings is 1. The highest BCUT2D eigenvalue weighted by atomic mass is 16.5. The Bertz CT molecular complexity index is 817. The number of nitrogens with zero attached hydrogens (tertiary/aromatic N) is 1. The molecule has 2 aliphatic rings. The fourth-order valence-electron chi connectivity index (χ4n) is 5.20. The number of likely N-dealkylation sites (tertiary alicyclic amines) is 1. The van der Waals surface area contributed by atoms with Crippen LogP contribution in [0.4, 0.5) is 0 Å². The Labute approximate surface area is 206 Å². The lowest BCUT2D eigenvalue weighted by Gasteiger charge is -2.42. The van der Waals surface area contributed by atoms with Gasteiger partial charge in [0, 0.05) is 26.3 Å². The molecule has 0 aromatic heterocycles. The zero-order valence-electron chi connectivity index (χ0n) is 21.8. The van der Waals surface area contributed by atoms with Gasteiger partial charge in [0.2, 0.25) is 11.8 Å². The van der Waals surface area contributed by atoms with Crippen LogP contribution in [0.1, 0.15) is 75.5 Å². The zero-order chi connectivity index (χ0) is 24.6. The summed E-state index contributed by atoms with van der Waals surface area (Å²) in [5.74, 6) is 0.0918. The second-order valence-electron chi connectivity index (χ2n) is 10.5. The van der Waals surface area contributed by atoms with Gasteiger partial charge in [0.05, 0.1) is 5.41 Å². The largest absolute Gasteiger partial charge is 0.381 e. The summed E-state index contributed by atoms with van der Waals surface area (Å²) in [4.78, 5) is 29.2. The standard InChI is InChI=1S/C28H45N3O3/c1-5-22(3)25-26(32)29-14-8-18-34-17-7-6-11-28(27(33)30-25)12-15-31(16-13-28)20-24-19-21(2)9-10-23(24)4/h9-10,19,22,25H,5-8,11-18,20H2,1-4H3,(H,29,32)(H,30,33)/t22-,25-/m0/s1. The topological polar surface area (TPSA) is 70.7 Å². The van der Waals surface area contributed by atoms with Crippen LogP contribution >= 0.6 is 0 Å². The van der Waals surface area contributed by atoms with Crippen LogP contribution in [0, 0.1) is 25.2 Å². The molecule has 2 fully saturated rings. The van der Waals surface area contributed by atoms with E-state index in [2.05, 4.69) is 61.4 Å². The van der Waals surface area contributed by atoms with Gasteiger partial charge in [-0.3, -0.25) is 14.5 Å². The highest BCUT2D eigenvalue weighted by molar-refractivity contribution is 5.90. The first-order valence-electron chi connectivity index (χ1n) is 13.3. The molecule has 190 valence electrons. The van der Waals surface area contributed by atoms with Crippen molar-refractivity contribution in [1.82, 2.24) is 15.5 Å². The van der Waals surface area contributed by atoms with Crippen molar-refractivity contribution in [2.45, 2.75) is 85.2 Å². The normalized spacial score (nSPS) is 24.2. The SMILES string of the molecule is CC[C@H](C)[C@@H]1NC(=O)C2(CCCCOCCCNC1=O)CCN(Cc1cc(C)ccc1C)CC2. The van der Waals surface area contributed by atoms with Gasteiger partial charge in [-0.15, -0.1) is 0 Å². The molecule has 2 amide bonds. The Morgan fingerprint density at radius 2 is 1.82 bits per heavy atom. The first-order chi connectivity index (χ1) is 16.3. The van der Waals surface area contributed by atoms with Crippen molar-refractivity contribution in [2.75, 3.05) is 32.8 Å². The molecule has 0 saturated carbocycles. The van der Waals surface area contributed by atoms with Gasteiger partial charge < -0.3 is 15.4 Å². The van der Waals surface area contributed by atoms with E-state index in [1.807, 2.05) is 0 Å². The van der Waals surface area contributed by atoms with Crippen molar-refractivity contribution in [1.29, 1.82) is 0 Å². The van der Waals surface area contributed by atoms with Crippen LogP contribution in [0.5, 0.6) is 0 Å². The molecule has 2 saturated heterocycles. The molecular weight excluding hydrogens is 426 g/mol. The van der Waals surface area contributed by atoms with Crippen molar-refractivity contribution < 1.29 is 14.3 Å². The Kier molecular flexibility index (Phi) is 9.96. The summed E-state index contributed by atoms with van der Waals surface area (Å²) >= 11 is 0. The molecule has 6 heteroatoms. The maximum absolute atomic E-state index is 13.8. The van der Waals surface area contributed by atoms with E-state index >= 15 is 0 Å². The predicted octanol–water partition coefficient (Wildman–Crippen LogP) is 4.12. The summed E-state index contributed by atoms with van der Waals surface area (Å²) in [7, 11) is 0. The molecule has 0 bridgehead atoms. The Balaban J connectivity index is 1.73. The van der Waals surface area contributed by atoms with Gasteiger partial charge in [-0.05, 0) is 76.1 Å². The van der Waals surface area contributed by atoms with Gasteiger partial charge >= 0.3 is 0 Å². The number of hydrogen-bond donors (Lipinski definition) is 2. The molecule has 0 radical (unpaired) electrons. The molecule has 0 aliphatic carbocycles. The minimum atomic E-state index is -0.480. The van der Waals surface area contributed by atoms with Gasteiger partial charge in [-0.1, -0.05) is 50.5 Å². The fraction of sp³-hybridized carbons (Fsp3) is 0.714. The predicted molar refractivity (Wildman–Crippen MR) is 137 cm³/mol. The smallest absolute Gasteiger partial charge is 0.242 e. The van der Waals surface area contributed by atoms with E-state index in [-0.39, 0.29) is 17.7 Å². The molecule has 3 rings (SSSR count). The highest BCUT2D eigenvalue weighted by Crippen LogP contribution is 2.38. The maximum Gasteiger partial charge on any atom is 0.242 e. The zero-order valence-corrected chi connectivity index (χ0v) is 21.8. The van der Waals surface area contributed by atoms with Crippen LogP contribution < -0.4 is 10.6 Å². The van der Waals surface area contributed by atoms with Crippen LogP contribution in [0.3, 0.4) is 0 Å². The van der Waals surface area contributed by atoms with Gasteiger partial charge in [0.25, 0.3) is 0 Å². The van der Waals surface area contributed by atoms with E-state index < -0.39 is 11.5 Å². The van der Waals surface area contributed by atoms with Gasteiger partial charge in [0.1, 0.15) is 6.04 Å². The molecule has 2 atom stereocenters. The summed E-state index contributed by atoms with van der Waals surface area (Å²) < 4.78 is 5.76. The van der Waals surface area contributed by atoms with Crippen molar-refractivity contribution in [3.63, 3.8) is 0 Å². The van der Waals surface area contributed by atoms with Crippen molar-refractivity contribution in [3.05, 3.63) is 34.9 Å². The molecule has 1 aromatic carbocycles. The van der Waals surface area contributed by atoms with Crippen LogP contribution in [-0.4, -0.2) is 55.6 Å². The Morgan fingerprint density at radius 1 is 1.09 bits per heavy atom. The molecular formula is C28H45N3O3.